The van der Waals surface area contributed by atoms with E-state index in [1.165, 1.54) is 0 Å². The van der Waals surface area contributed by atoms with Gasteiger partial charge in [-0.05, 0) is 13.3 Å². The third-order valence-corrected chi connectivity index (χ3v) is 2.52. The predicted octanol–water partition coefficient (Wildman–Crippen LogP) is 2.90. The molecule has 0 amide bonds. The fourth-order valence-corrected chi connectivity index (χ4v) is 1.59. The maximum absolute atomic E-state index is 11.8. The normalized spacial score (nSPS) is 11.4. The Balaban J connectivity index is 3.16. The molecule has 0 radical (unpaired) electrons. The number of nitrogens with zero attached hydrogens (tertiary/aromatic N) is 2. The van der Waals surface area contributed by atoms with E-state index in [-0.39, 0.29) is 11.4 Å². The average molecular weight is 250 g/mol. The molecule has 1 heterocycles. The molecule has 4 nitrogen and oxygen atoms in total. The van der Waals surface area contributed by atoms with E-state index in [2.05, 4.69) is 37.7 Å². The summed E-state index contributed by atoms with van der Waals surface area (Å²) in [7, 11) is 0. The number of aryl methyl sites for hydroxylation is 1. The molecule has 0 saturated heterocycles. The molecule has 100 valence electrons. The zero-order valence-corrected chi connectivity index (χ0v) is 11.9. The lowest BCUT2D eigenvalue weighted by Crippen LogP contribution is -2.19. The van der Waals surface area contributed by atoms with Crippen LogP contribution >= 0.6 is 0 Å². The van der Waals surface area contributed by atoms with Gasteiger partial charge in [-0.15, -0.1) is 0 Å². The smallest absolute Gasteiger partial charge is 0.341 e. The molecule has 0 atom stereocenters. The molecule has 4 heteroatoms. The fraction of sp³-hybridized carbons (Fsp3) is 0.643. The minimum absolute atomic E-state index is 0.115. The second-order valence-corrected chi connectivity index (χ2v) is 5.27. The highest BCUT2D eigenvalue weighted by molar-refractivity contribution is 5.90. The zero-order chi connectivity index (χ0) is 13.8. The SMILES string of the molecule is CCCc1nc(C(C)(C)C)ncc1C(=O)OCC. The van der Waals surface area contributed by atoms with E-state index in [1.54, 1.807) is 13.1 Å². The van der Waals surface area contributed by atoms with Gasteiger partial charge in [-0.1, -0.05) is 34.1 Å². The Morgan fingerprint density at radius 2 is 2.00 bits per heavy atom. The van der Waals surface area contributed by atoms with Crippen molar-refractivity contribution in [1.29, 1.82) is 0 Å². The first-order chi connectivity index (χ1) is 8.40. The summed E-state index contributed by atoms with van der Waals surface area (Å²) < 4.78 is 5.02. The van der Waals surface area contributed by atoms with Crippen molar-refractivity contribution in [2.75, 3.05) is 6.61 Å². The summed E-state index contributed by atoms with van der Waals surface area (Å²) in [5.74, 6) is 0.431. The Morgan fingerprint density at radius 1 is 1.33 bits per heavy atom. The predicted molar refractivity (Wildman–Crippen MR) is 70.7 cm³/mol. The van der Waals surface area contributed by atoms with Crippen LogP contribution in [0.2, 0.25) is 0 Å². The maximum atomic E-state index is 11.8. The van der Waals surface area contributed by atoms with Crippen LogP contribution in [0.1, 0.15) is 62.9 Å². The molecule has 0 aliphatic carbocycles. The van der Waals surface area contributed by atoms with Crippen LogP contribution in [-0.2, 0) is 16.6 Å². The lowest BCUT2D eigenvalue weighted by molar-refractivity contribution is 0.0523. The highest BCUT2D eigenvalue weighted by Gasteiger charge is 2.21. The first-order valence-electron chi connectivity index (χ1n) is 6.43. The van der Waals surface area contributed by atoms with E-state index in [1.807, 2.05) is 0 Å². The minimum Gasteiger partial charge on any atom is -0.462 e. The van der Waals surface area contributed by atoms with Gasteiger partial charge < -0.3 is 4.74 Å². The van der Waals surface area contributed by atoms with E-state index in [0.29, 0.717) is 12.2 Å². The minimum atomic E-state index is -0.332. The first-order valence-corrected chi connectivity index (χ1v) is 6.43. The van der Waals surface area contributed by atoms with Crippen molar-refractivity contribution >= 4 is 5.97 Å². The second-order valence-electron chi connectivity index (χ2n) is 5.27. The van der Waals surface area contributed by atoms with Gasteiger partial charge in [0, 0.05) is 11.6 Å². The molecule has 0 N–H and O–H groups in total. The van der Waals surface area contributed by atoms with Crippen molar-refractivity contribution in [3.8, 4) is 0 Å². The number of hydrogen-bond donors (Lipinski definition) is 0. The van der Waals surface area contributed by atoms with E-state index in [9.17, 15) is 4.79 Å². The number of carbonyl (C=O) groups excluding carboxylic acids is 1. The quantitative estimate of drug-likeness (QED) is 0.771. The molecule has 0 bridgehead atoms. The molecule has 0 saturated carbocycles. The van der Waals surface area contributed by atoms with E-state index in [0.717, 1.165) is 24.4 Å². The average Bonchev–Trinajstić information content (AvgIpc) is 2.28. The van der Waals surface area contributed by atoms with Crippen LogP contribution in [0, 0.1) is 0 Å². The van der Waals surface area contributed by atoms with Crippen molar-refractivity contribution in [3.63, 3.8) is 0 Å². The van der Waals surface area contributed by atoms with E-state index in [4.69, 9.17) is 4.74 Å². The van der Waals surface area contributed by atoms with Gasteiger partial charge in [0.25, 0.3) is 0 Å². The van der Waals surface area contributed by atoms with Gasteiger partial charge in [0.2, 0.25) is 0 Å². The Morgan fingerprint density at radius 3 is 2.50 bits per heavy atom. The number of rotatable bonds is 4. The Kier molecular flexibility index (Phi) is 4.82. The Hall–Kier alpha value is -1.45. The van der Waals surface area contributed by atoms with Crippen molar-refractivity contribution < 1.29 is 9.53 Å². The van der Waals surface area contributed by atoms with Crippen LogP contribution in [0.4, 0.5) is 0 Å². The van der Waals surface area contributed by atoms with Crippen molar-refractivity contribution in [2.24, 2.45) is 0 Å². The van der Waals surface area contributed by atoms with E-state index >= 15 is 0 Å². The third kappa shape index (κ3) is 3.52. The second kappa shape index (κ2) is 5.94. The summed E-state index contributed by atoms with van der Waals surface area (Å²) in [6.07, 6.45) is 3.29. The van der Waals surface area contributed by atoms with Gasteiger partial charge in [0.1, 0.15) is 5.82 Å². The summed E-state index contributed by atoms with van der Waals surface area (Å²) in [5.41, 5.74) is 1.16. The maximum Gasteiger partial charge on any atom is 0.341 e. The molecule has 1 aromatic heterocycles. The number of hydrogen-bond acceptors (Lipinski definition) is 4. The lowest BCUT2D eigenvalue weighted by atomic mass is 9.95. The van der Waals surface area contributed by atoms with Crippen LogP contribution in [-0.4, -0.2) is 22.5 Å². The molecule has 18 heavy (non-hydrogen) atoms. The highest BCUT2D eigenvalue weighted by atomic mass is 16.5. The van der Waals surface area contributed by atoms with Crippen molar-refractivity contribution in [3.05, 3.63) is 23.3 Å². The van der Waals surface area contributed by atoms with Crippen LogP contribution < -0.4 is 0 Å². The standard InChI is InChI=1S/C14H22N2O2/c1-6-8-11-10(12(17)18-7-2)9-15-13(16-11)14(3,4)5/h9H,6-8H2,1-5H3. The molecule has 0 aliphatic heterocycles. The summed E-state index contributed by atoms with van der Waals surface area (Å²) in [4.78, 5) is 20.6. The van der Waals surface area contributed by atoms with Crippen LogP contribution in [0.15, 0.2) is 6.20 Å². The van der Waals surface area contributed by atoms with Crippen LogP contribution in [0.25, 0.3) is 0 Å². The molecule has 0 unspecified atom stereocenters. The zero-order valence-electron chi connectivity index (χ0n) is 11.9. The summed E-state index contributed by atoms with van der Waals surface area (Å²) in [6, 6.07) is 0. The van der Waals surface area contributed by atoms with Gasteiger partial charge in [-0.3, -0.25) is 0 Å². The molecular weight excluding hydrogens is 228 g/mol. The number of esters is 1. The highest BCUT2D eigenvalue weighted by Crippen LogP contribution is 2.20. The molecule has 0 fully saturated rings. The molecule has 0 spiro atoms. The summed E-state index contributed by atoms with van der Waals surface area (Å²) >= 11 is 0. The molecular formula is C14H22N2O2. The van der Waals surface area contributed by atoms with Gasteiger partial charge in [-0.25, -0.2) is 14.8 Å². The van der Waals surface area contributed by atoms with Gasteiger partial charge >= 0.3 is 5.97 Å². The Labute approximate surface area is 109 Å². The number of aromatic nitrogens is 2. The van der Waals surface area contributed by atoms with Gasteiger partial charge in [0.15, 0.2) is 0 Å². The topological polar surface area (TPSA) is 52.1 Å². The van der Waals surface area contributed by atoms with Crippen molar-refractivity contribution in [2.45, 2.75) is 52.9 Å². The summed E-state index contributed by atoms with van der Waals surface area (Å²) in [6.45, 7) is 10.4. The lowest BCUT2D eigenvalue weighted by Gasteiger charge is -2.18. The van der Waals surface area contributed by atoms with Crippen LogP contribution in [0.5, 0.6) is 0 Å². The number of ether oxygens (including phenoxy) is 1. The third-order valence-electron chi connectivity index (χ3n) is 2.52. The monoisotopic (exact) mass is 250 g/mol. The van der Waals surface area contributed by atoms with Gasteiger partial charge in [-0.2, -0.15) is 0 Å². The van der Waals surface area contributed by atoms with Gasteiger partial charge in [0.05, 0.1) is 17.9 Å². The van der Waals surface area contributed by atoms with E-state index < -0.39 is 0 Å². The largest absolute Gasteiger partial charge is 0.462 e. The number of carbonyl (C=O) groups is 1. The summed E-state index contributed by atoms with van der Waals surface area (Å²) in [5, 5.41) is 0. The van der Waals surface area contributed by atoms with Crippen LogP contribution in [0.3, 0.4) is 0 Å². The first kappa shape index (κ1) is 14.6. The molecule has 1 rings (SSSR count). The molecule has 1 aromatic rings. The Bertz CT molecular complexity index is 422. The molecule has 0 aromatic carbocycles. The van der Waals surface area contributed by atoms with Crippen molar-refractivity contribution in [1.82, 2.24) is 9.97 Å². The fourth-order valence-electron chi connectivity index (χ4n) is 1.59. The molecule has 0 aliphatic rings.